The number of carbonyl (C=O) groups is 2. The first-order chi connectivity index (χ1) is 14.9. The zero-order valence-electron chi connectivity index (χ0n) is 16.5. The van der Waals surface area contributed by atoms with Gasteiger partial charge >= 0.3 is 16.3 Å². The third kappa shape index (κ3) is 4.53. The van der Waals surface area contributed by atoms with Crippen molar-refractivity contribution in [1.29, 1.82) is 5.26 Å². The standard InChI is InChI=1S/C17H14Cl2F5N5O3S/c1-27-16(31)32-7-12-13(17(2-3-17)15(26)30)11(6-25)28-29(12)14-9(18)4-8(5-10(14)19)33(20,21,22,23)24/h4-5H,2-3,7H2,1H3,(H2,26,30)(H,27,31). The number of primary amides is 1. The molecule has 0 spiro atoms. The van der Waals surface area contributed by atoms with Crippen LogP contribution in [0.1, 0.15) is 29.8 Å². The second-order valence-corrected chi connectivity index (χ2v) is 10.4. The van der Waals surface area contributed by atoms with Gasteiger partial charge in [0.2, 0.25) is 5.91 Å². The maximum atomic E-state index is 13.2. The summed E-state index contributed by atoms with van der Waals surface area (Å²) in [7, 11) is -8.88. The molecule has 2 aromatic rings. The molecule has 1 aliphatic carbocycles. The molecule has 8 nitrogen and oxygen atoms in total. The summed E-state index contributed by atoms with van der Waals surface area (Å²) >= 11 is 11.8. The van der Waals surface area contributed by atoms with Crippen molar-refractivity contribution >= 4 is 45.4 Å². The van der Waals surface area contributed by atoms with E-state index in [2.05, 4.69) is 10.4 Å². The Hall–Kier alpha value is -2.76. The van der Waals surface area contributed by atoms with Gasteiger partial charge in [-0.3, -0.25) is 4.79 Å². The van der Waals surface area contributed by atoms with E-state index in [1.165, 1.54) is 7.05 Å². The summed E-state index contributed by atoms with van der Waals surface area (Å²) < 4.78 is 72.0. The van der Waals surface area contributed by atoms with Gasteiger partial charge in [-0.1, -0.05) is 42.6 Å². The first-order valence-corrected chi connectivity index (χ1v) is 11.6. The minimum absolute atomic E-state index is 0.0228. The van der Waals surface area contributed by atoms with Crippen molar-refractivity contribution < 1.29 is 33.8 Å². The smallest absolute Gasteiger partial charge is 0.407 e. The average molecular weight is 534 g/mol. The van der Waals surface area contributed by atoms with E-state index >= 15 is 0 Å². The quantitative estimate of drug-likeness (QED) is 0.501. The summed E-state index contributed by atoms with van der Waals surface area (Å²) in [5.41, 5.74) is 3.12. The Morgan fingerprint density at radius 1 is 1.27 bits per heavy atom. The highest BCUT2D eigenvalue weighted by Gasteiger charge is 2.65. The zero-order chi connectivity index (χ0) is 25.0. The van der Waals surface area contributed by atoms with Crippen molar-refractivity contribution in [2.45, 2.75) is 29.8 Å². The minimum Gasteiger partial charge on any atom is -0.443 e. The molecule has 1 aromatic heterocycles. The van der Waals surface area contributed by atoms with Gasteiger partial charge in [0.1, 0.15) is 23.3 Å². The monoisotopic (exact) mass is 533 g/mol. The second-order valence-electron chi connectivity index (χ2n) is 7.17. The van der Waals surface area contributed by atoms with Gasteiger partial charge in [-0.25, -0.2) is 9.48 Å². The lowest BCUT2D eigenvalue weighted by Crippen LogP contribution is -2.30. The zero-order valence-corrected chi connectivity index (χ0v) is 18.8. The molecular formula is C17H14Cl2F5N5O3S. The van der Waals surface area contributed by atoms with Gasteiger partial charge in [0.05, 0.1) is 21.2 Å². The number of carbonyl (C=O) groups excluding carboxylic acids is 2. The van der Waals surface area contributed by atoms with Gasteiger partial charge in [0.25, 0.3) is 0 Å². The van der Waals surface area contributed by atoms with Crippen LogP contribution in [0.25, 0.3) is 5.69 Å². The van der Waals surface area contributed by atoms with Crippen molar-refractivity contribution in [2.75, 3.05) is 7.05 Å². The fourth-order valence-electron chi connectivity index (χ4n) is 3.27. The number of amides is 2. The van der Waals surface area contributed by atoms with Crippen LogP contribution in [0.4, 0.5) is 24.2 Å². The van der Waals surface area contributed by atoms with E-state index in [0.717, 1.165) is 4.68 Å². The molecule has 0 aliphatic heterocycles. The molecule has 2 amide bonds. The number of nitrogens with two attached hydrogens (primary N) is 1. The lowest BCUT2D eigenvalue weighted by Gasteiger charge is -2.40. The van der Waals surface area contributed by atoms with Crippen molar-refractivity contribution in [3.05, 3.63) is 39.1 Å². The number of nitrogens with zero attached hydrogens (tertiary/aromatic N) is 3. The van der Waals surface area contributed by atoms with Crippen molar-refractivity contribution in [3.8, 4) is 11.8 Å². The van der Waals surface area contributed by atoms with Crippen LogP contribution in [0.5, 0.6) is 0 Å². The van der Waals surface area contributed by atoms with Crippen LogP contribution in [-0.2, 0) is 21.6 Å². The Balaban J connectivity index is 2.30. The first-order valence-electron chi connectivity index (χ1n) is 8.85. The fraction of sp³-hybridized carbons (Fsp3) is 0.294. The number of ether oxygens (including phenoxy) is 1. The topological polar surface area (TPSA) is 123 Å². The number of aromatic nitrogens is 2. The maximum absolute atomic E-state index is 13.2. The molecule has 33 heavy (non-hydrogen) atoms. The SMILES string of the molecule is CNC(=O)OCc1c(C2(C(N)=O)CC2)c(C#N)nn1-c1c(Cl)cc(S(F)(F)(F)(F)F)cc1Cl. The van der Waals surface area contributed by atoms with Gasteiger partial charge in [-0.15, -0.1) is 0 Å². The third-order valence-electron chi connectivity index (χ3n) is 4.98. The molecule has 0 radical (unpaired) electrons. The summed E-state index contributed by atoms with van der Waals surface area (Å²) in [6, 6.07) is 1.69. The maximum Gasteiger partial charge on any atom is 0.407 e. The molecule has 3 rings (SSSR count). The van der Waals surface area contributed by atoms with E-state index in [1.807, 2.05) is 0 Å². The van der Waals surface area contributed by atoms with E-state index in [0.29, 0.717) is 0 Å². The van der Waals surface area contributed by atoms with E-state index in [1.54, 1.807) is 6.07 Å². The van der Waals surface area contributed by atoms with Crippen molar-refractivity contribution in [1.82, 2.24) is 15.1 Å². The first kappa shape index (κ1) is 24.9. The molecule has 0 atom stereocenters. The van der Waals surface area contributed by atoms with Gasteiger partial charge in [-0.05, 0) is 25.0 Å². The number of hydrogen-bond donors (Lipinski definition) is 2. The predicted octanol–water partition coefficient (Wildman–Crippen LogP) is 5.08. The Morgan fingerprint density at radius 3 is 2.21 bits per heavy atom. The van der Waals surface area contributed by atoms with Gasteiger partial charge in [0.15, 0.2) is 5.69 Å². The number of benzene rings is 1. The van der Waals surface area contributed by atoms with E-state index in [9.17, 15) is 34.3 Å². The highest BCUT2D eigenvalue weighted by atomic mass is 35.5. The number of nitriles is 1. The summed E-state index contributed by atoms with van der Waals surface area (Å²) in [6.45, 7) is -0.630. The highest BCUT2D eigenvalue weighted by Crippen LogP contribution is 3.02. The van der Waals surface area contributed by atoms with Gasteiger partial charge in [-0.2, -0.15) is 10.4 Å². The number of hydrogen-bond acceptors (Lipinski definition) is 5. The number of halogens is 7. The van der Waals surface area contributed by atoms with Crippen LogP contribution in [0.3, 0.4) is 0 Å². The minimum atomic E-state index is -10.1. The Labute approximate surface area is 193 Å². The van der Waals surface area contributed by atoms with Gasteiger partial charge < -0.3 is 15.8 Å². The number of alkyl carbamates (subject to hydrolysis) is 1. The molecule has 1 saturated carbocycles. The normalized spacial score (nSPS) is 16.8. The molecule has 1 aliphatic rings. The molecule has 3 N–H and O–H groups in total. The van der Waals surface area contributed by atoms with E-state index in [4.69, 9.17) is 33.7 Å². The summed E-state index contributed by atoms with van der Waals surface area (Å²) in [4.78, 5) is 21.4. The molecular weight excluding hydrogens is 520 g/mol. The van der Waals surface area contributed by atoms with Gasteiger partial charge in [0, 0.05) is 12.6 Å². The average Bonchev–Trinajstić information content (AvgIpc) is 3.40. The summed E-state index contributed by atoms with van der Waals surface area (Å²) in [6.07, 6.45) is -0.481. The van der Waals surface area contributed by atoms with Crippen LogP contribution in [-0.4, -0.2) is 28.8 Å². The molecule has 0 unspecified atom stereocenters. The summed E-state index contributed by atoms with van der Waals surface area (Å²) in [5, 5.41) is 13.9. The predicted molar refractivity (Wildman–Crippen MR) is 109 cm³/mol. The Bertz CT molecular complexity index is 1220. The highest BCUT2D eigenvalue weighted by molar-refractivity contribution is 8.45. The Kier molecular flexibility index (Phi) is 5.36. The second kappa shape index (κ2) is 7.12. The molecule has 0 saturated heterocycles. The number of nitrogens with one attached hydrogen (secondary N) is 1. The largest absolute Gasteiger partial charge is 0.443 e. The molecule has 180 valence electrons. The number of rotatable bonds is 6. The molecule has 1 fully saturated rings. The van der Waals surface area contributed by atoms with Crippen molar-refractivity contribution in [2.24, 2.45) is 5.73 Å². The summed E-state index contributed by atoms with van der Waals surface area (Å²) in [5.74, 6) is -0.812. The van der Waals surface area contributed by atoms with E-state index < -0.39 is 54.9 Å². The lowest BCUT2D eigenvalue weighted by atomic mass is 9.93. The third-order valence-corrected chi connectivity index (χ3v) is 6.68. The molecule has 1 aromatic carbocycles. The van der Waals surface area contributed by atoms with Crippen LogP contribution in [0.15, 0.2) is 17.0 Å². The molecule has 0 bridgehead atoms. The Morgan fingerprint density at radius 2 is 1.82 bits per heavy atom. The van der Waals surface area contributed by atoms with Crippen molar-refractivity contribution in [3.63, 3.8) is 0 Å². The molecule has 1 heterocycles. The molecule has 16 heteroatoms. The fourth-order valence-corrected chi connectivity index (χ4v) is 4.73. The van der Waals surface area contributed by atoms with E-state index in [-0.39, 0.29) is 41.9 Å². The van der Waals surface area contributed by atoms with Crippen LogP contribution < -0.4 is 11.1 Å². The lowest BCUT2D eigenvalue weighted by molar-refractivity contribution is -0.120. The van der Waals surface area contributed by atoms with Crippen LogP contribution in [0.2, 0.25) is 10.0 Å². The van der Waals surface area contributed by atoms with Crippen LogP contribution >= 0.6 is 33.4 Å². The van der Waals surface area contributed by atoms with Crippen LogP contribution in [0, 0.1) is 11.3 Å².